The molecule has 0 fully saturated rings. The second-order valence-electron chi connectivity index (χ2n) is 7.00. The average Bonchev–Trinajstić information content (AvgIpc) is 2.58. The minimum atomic E-state index is -0.418. The molecule has 0 aliphatic heterocycles. The van der Waals surface area contributed by atoms with E-state index in [1.165, 1.54) is 19.3 Å². The summed E-state index contributed by atoms with van der Waals surface area (Å²) in [6.07, 6.45) is 7.48. The average molecular weight is 359 g/mol. The van der Waals surface area contributed by atoms with Crippen molar-refractivity contribution >= 4 is 11.7 Å². The zero-order valence-corrected chi connectivity index (χ0v) is 16.2. The van der Waals surface area contributed by atoms with Gasteiger partial charge in [-0.05, 0) is 26.3 Å². The third-order valence-electron chi connectivity index (χ3n) is 4.41. The molecule has 0 saturated heterocycles. The Balaban J connectivity index is 4.03. The Labute approximate surface area is 152 Å². The molecule has 6 heteroatoms. The number of amides is 1. The van der Waals surface area contributed by atoms with Crippen LogP contribution in [0.15, 0.2) is 0 Å². The number of carbonyl (C=O) groups excluding carboxylic acids is 2. The largest absolute Gasteiger partial charge is 0.394 e. The monoisotopic (exact) mass is 358 g/mol. The number of hydrogen-bond acceptors (Lipinski definition) is 5. The van der Waals surface area contributed by atoms with Crippen LogP contribution in [0.25, 0.3) is 0 Å². The van der Waals surface area contributed by atoms with Crippen LogP contribution in [0.5, 0.6) is 0 Å². The molecule has 0 rings (SSSR count). The number of rotatable bonds is 16. The molecule has 2 unspecified atom stereocenters. The van der Waals surface area contributed by atoms with E-state index >= 15 is 0 Å². The number of likely N-dealkylation sites (N-methyl/N-ethyl adjacent to an activating group) is 1. The highest BCUT2D eigenvalue weighted by Gasteiger charge is 2.20. The van der Waals surface area contributed by atoms with Gasteiger partial charge in [-0.25, -0.2) is 0 Å². The summed E-state index contributed by atoms with van der Waals surface area (Å²) in [6.45, 7) is 3.98. The number of ketones is 1. The van der Waals surface area contributed by atoms with Crippen LogP contribution >= 0.6 is 0 Å². The molecule has 1 amide bonds. The fourth-order valence-electron chi connectivity index (χ4n) is 2.78. The fourth-order valence-corrected chi connectivity index (χ4v) is 2.78. The van der Waals surface area contributed by atoms with E-state index in [0.717, 1.165) is 19.3 Å². The van der Waals surface area contributed by atoms with Gasteiger partial charge in [-0.1, -0.05) is 46.0 Å². The van der Waals surface area contributed by atoms with Crippen molar-refractivity contribution in [2.75, 3.05) is 20.2 Å². The van der Waals surface area contributed by atoms with E-state index in [-0.39, 0.29) is 43.4 Å². The van der Waals surface area contributed by atoms with Crippen molar-refractivity contribution < 1.29 is 19.8 Å². The van der Waals surface area contributed by atoms with Gasteiger partial charge < -0.3 is 20.8 Å². The summed E-state index contributed by atoms with van der Waals surface area (Å²) in [5.41, 5.74) is 0. The van der Waals surface area contributed by atoms with Crippen molar-refractivity contribution in [3.63, 3.8) is 0 Å². The highest BCUT2D eigenvalue weighted by Crippen LogP contribution is 2.12. The lowest BCUT2D eigenvalue weighted by molar-refractivity contribution is -0.129. The van der Waals surface area contributed by atoms with Crippen molar-refractivity contribution in [2.45, 2.75) is 83.8 Å². The van der Waals surface area contributed by atoms with Crippen LogP contribution in [-0.2, 0) is 9.59 Å². The Bertz CT molecular complexity index is 363. The molecule has 6 nitrogen and oxygen atoms in total. The molecule has 0 aromatic heterocycles. The number of hydrogen-bond donors (Lipinski definition) is 4. The van der Waals surface area contributed by atoms with Crippen LogP contribution < -0.4 is 10.6 Å². The van der Waals surface area contributed by atoms with E-state index in [2.05, 4.69) is 17.6 Å². The molecule has 0 aromatic carbocycles. The molecular formula is C19H38N2O4. The van der Waals surface area contributed by atoms with Gasteiger partial charge >= 0.3 is 0 Å². The molecule has 0 bridgehead atoms. The van der Waals surface area contributed by atoms with Gasteiger partial charge in [-0.15, -0.1) is 0 Å². The Morgan fingerprint density at radius 2 is 1.72 bits per heavy atom. The van der Waals surface area contributed by atoms with E-state index in [1.807, 2.05) is 0 Å². The van der Waals surface area contributed by atoms with E-state index in [4.69, 9.17) is 0 Å². The van der Waals surface area contributed by atoms with Crippen molar-refractivity contribution in [2.24, 2.45) is 5.92 Å². The van der Waals surface area contributed by atoms with Crippen LogP contribution in [-0.4, -0.2) is 54.2 Å². The van der Waals surface area contributed by atoms with E-state index in [1.54, 1.807) is 14.0 Å². The minimum Gasteiger partial charge on any atom is -0.394 e. The van der Waals surface area contributed by atoms with Crippen molar-refractivity contribution in [1.29, 1.82) is 0 Å². The minimum absolute atomic E-state index is 0.0100. The summed E-state index contributed by atoms with van der Waals surface area (Å²) in [5.74, 6) is -0.653. The summed E-state index contributed by atoms with van der Waals surface area (Å²) in [5, 5.41) is 25.0. The molecule has 0 aliphatic carbocycles. The van der Waals surface area contributed by atoms with Gasteiger partial charge in [-0.3, -0.25) is 9.59 Å². The van der Waals surface area contributed by atoms with Gasteiger partial charge in [0.2, 0.25) is 5.91 Å². The molecule has 25 heavy (non-hydrogen) atoms. The maximum Gasteiger partial charge on any atom is 0.223 e. The predicted molar refractivity (Wildman–Crippen MR) is 100 cm³/mol. The van der Waals surface area contributed by atoms with Gasteiger partial charge in [-0.2, -0.15) is 0 Å². The van der Waals surface area contributed by atoms with Gasteiger partial charge in [0.15, 0.2) is 0 Å². The molecule has 3 atom stereocenters. The Morgan fingerprint density at radius 1 is 1.04 bits per heavy atom. The molecule has 0 radical (unpaired) electrons. The summed E-state index contributed by atoms with van der Waals surface area (Å²) < 4.78 is 0. The van der Waals surface area contributed by atoms with Gasteiger partial charge in [0.05, 0.1) is 25.3 Å². The predicted octanol–water partition coefficient (Wildman–Crippen LogP) is 1.78. The van der Waals surface area contributed by atoms with Crippen LogP contribution in [0.2, 0.25) is 0 Å². The lowest BCUT2D eigenvalue weighted by atomic mass is 10.0. The highest BCUT2D eigenvalue weighted by atomic mass is 16.3. The second-order valence-corrected chi connectivity index (χ2v) is 7.00. The molecule has 0 spiro atoms. The number of carbonyl (C=O) groups is 2. The summed E-state index contributed by atoms with van der Waals surface area (Å²) in [4.78, 5) is 23.7. The van der Waals surface area contributed by atoms with Gasteiger partial charge in [0, 0.05) is 12.3 Å². The third-order valence-corrected chi connectivity index (χ3v) is 4.41. The summed E-state index contributed by atoms with van der Waals surface area (Å²) in [6, 6.07) is -0.371. The van der Waals surface area contributed by atoms with Crippen molar-refractivity contribution in [3.8, 4) is 0 Å². The lowest BCUT2D eigenvalue weighted by Gasteiger charge is -2.20. The number of Topliss-reactive ketones (excluding diaryl/α,β-unsaturated/α-hetero) is 1. The molecule has 0 aromatic rings. The molecule has 4 N–H and O–H groups in total. The number of nitrogens with one attached hydrogen (secondary N) is 2. The molecule has 0 aliphatic rings. The van der Waals surface area contributed by atoms with Crippen molar-refractivity contribution in [1.82, 2.24) is 10.6 Å². The molecule has 0 saturated carbocycles. The quantitative estimate of drug-likeness (QED) is 0.315. The van der Waals surface area contributed by atoms with Crippen molar-refractivity contribution in [3.05, 3.63) is 0 Å². The number of unbranched alkanes of at least 4 members (excludes halogenated alkanes) is 4. The normalized spacial score (nSPS) is 14.8. The Hall–Kier alpha value is -0.980. The van der Waals surface area contributed by atoms with Crippen LogP contribution in [0.3, 0.4) is 0 Å². The van der Waals surface area contributed by atoms with Crippen LogP contribution in [0.4, 0.5) is 0 Å². The van der Waals surface area contributed by atoms with Crippen LogP contribution in [0.1, 0.15) is 71.6 Å². The number of aliphatic hydroxyl groups excluding tert-OH is 2. The lowest BCUT2D eigenvalue weighted by Crippen LogP contribution is -2.41. The Kier molecular flexibility index (Phi) is 14.7. The van der Waals surface area contributed by atoms with E-state index in [9.17, 15) is 19.8 Å². The van der Waals surface area contributed by atoms with Gasteiger partial charge in [0.25, 0.3) is 0 Å². The third kappa shape index (κ3) is 13.0. The molecular weight excluding hydrogens is 320 g/mol. The molecule has 0 heterocycles. The standard InChI is InChI=1S/C19H38N2O4/c1-4-5-6-7-8-9-17(23)11-10-16(14-22)21-19(25)15(2)12-18(24)13-20-3/h15-17,20,22-23H,4-14H2,1-3H3,(H,21,25)/t15-,16?,17?/m1/s1. The Morgan fingerprint density at radius 3 is 2.32 bits per heavy atom. The maximum atomic E-state index is 12.1. The second kappa shape index (κ2) is 15.3. The first-order chi connectivity index (χ1) is 11.9. The van der Waals surface area contributed by atoms with E-state index in [0.29, 0.717) is 12.8 Å². The maximum absolute atomic E-state index is 12.1. The summed E-state index contributed by atoms with van der Waals surface area (Å²) >= 11 is 0. The van der Waals surface area contributed by atoms with E-state index < -0.39 is 5.92 Å². The molecule has 148 valence electrons. The highest BCUT2D eigenvalue weighted by molar-refractivity contribution is 5.87. The fraction of sp³-hybridized carbons (Fsp3) is 0.895. The zero-order chi connectivity index (χ0) is 19.1. The van der Waals surface area contributed by atoms with Crippen LogP contribution in [0, 0.1) is 5.92 Å². The van der Waals surface area contributed by atoms with Gasteiger partial charge in [0.1, 0.15) is 5.78 Å². The zero-order valence-electron chi connectivity index (χ0n) is 16.2. The topological polar surface area (TPSA) is 98.7 Å². The first-order valence-corrected chi connectivity index (χ1v) is 9.70. The SMILES string of the molecule is CCCCCCCC(O)CCC(CO)NC(=O)[C@H](C)CC(=O)CNC. The first kappa shape index (κ1) is 24.0. The number of aliphatic hydroxyl groups is 2. The first-order valence-electron chi connectivity index (χ1n) is 9.70. The summed E-state index contributed by atoms with van der Waals surface area (Å²) in [7, 11) is 1.69. The smallest absolute Gasteiger partial charge is 0.223 e.